The number of ether oxygens (including phenoxy) is 1. The standard InChI is InChI=1S/C20H36BNO4/c1-8-9-10-16(22-17(23)24-18(2,3)4)21-25-15-12-13-11-14(19(13,5)6)20(15,7)26-21/h13-16H,8-12H2,1-7H3,(H,22,23)/t13-,14-,15?,16+,20-/m0/s1. The van der Waals surface area contributed by atoms with E-state index in [2.05, 4.69) is 33.0 Å². The van der Waals surface area contributed by atoms with Crippen molar-refractivity contribution in [2.45, 2.75) is 104 Å². The van der Waals surface area contributed by atoms with E-state index >= 15 is 0 Å². The first-order valence-electron chi connectivity index (χ1n) is 10.3. The van der Waals surface area contributed by atoms with Gasteiger partial charge in [-0.05, 0) is 64.2 Å². The van der Waals surface area contributed by atoms with Gasteiger partial charge >= 0.3 is 13.2 Å². The highest BCUT2D eigenvalue weighted by atomic mass is 16.7. The molecule has 1 amide bonds. The van der Waals surface area contributed by atoms with Crippen molar-refractivity contribution in [1.82, 2.24) is 5.32 Å². The van der Waals surface area contributed by atoms with Gasteiger partial charge in [-0.25, -0.2) is 4.79 Å². The van der Waals surface area contributed by atoms with Crippen LogP contribution in [-0.2, 0) is 14.0 Å². The lowest BCUT2D eigenvalue weighted by Gasteiger charge is -2.64. The lowest BCUT2D eigenvalue weighted by molar-refractivity contribution is -0.199. The molecule has 6 heteroatoms. The van der Waals surface area contributed by atoms with Gasteiger partial charge in [0.15, 0.2) is 0 Å². The Bertz CT molecular complexity index is 546. The molecular weight excluding hydrogens is 329 g/mol. The molecule has 4 rings (SSSR count). The van der Waals surface area contributed by atoms with Crippen molar-refractivity contribution in [2.24, 2.45) is 17.3 Å². The van der Waals surface area contributed by atoms with Crippen molar-refractivity contribution in [1.29, 1.82) is 0 Å². The molecule has 1 heterocycles. The molecule has 3 aliphatic carbocycles. The van der Waals surface area contributed by atoms with E-state index in [1.165, 1.54) is 6.42 Å². The van der Waals surface area contributed by atoms with Crippen LogP contribution in [0.1, 0.15) is 80.6 Å². The number of rotatable bonds is 5. The van der Waals surface area contributed by atoms with Gasteiger partial charge in [-0.1, -0.05) is 33.6 Å². The summed E-state index contributed by atoms with van der Waals surface area (Å²) in [5, 5.41) is 3.02. The van der Waals surface area contributed by atoms with Gasteiger partial charge in [0.1, 0.15) is 5.60 Å². The van der Waals surface area contributed by atoms with E-state index in [1.54, 1.807) is 0 Å². The van der Waals surface area contributed by atoms with Crippen LogP contribution >= 0.6 is 0 Å². The lowest BCUT2D eigenvalue weighted by atomic mass is 9.43. The highest BCUT2D eigenvalue weighted by Crippen LogP contribution is 2.65. The summed E-state index contributed by atoms with van der Waals surface area (Å²) in [4.78, 5) is 12.3. The molecule has 0 spiro atoms. The summed E-state index contributed by atoms with van der Waals surface area (Å²) >= 11 is 0. The molecule has 0 aromatic heterocycles. The molecule has 1 aliphatic heterocycles. The van der Waals surface area contributed by atoms with Crippen LogP contribution in [0.2, 0.25) is 0 Å². The predicted molar refractivity (Wildman–Crippen MR) is 103 cm³/mol. The zero-order valence-corrected chi connectivity index (χ0v) is 17.6. The topological polar surface area (TPSA) is 56.8 Å². The second-order valence-electron chi connectivity index (χ2n) is 10.2. The normalized spacial score (nSPS) is 36.1. The molecule has 1 N–H and O–H groups in total. The Kier molecular flexibility index (Phi) is 5.15. The minimum Gasteiger partial charge on any atom is -0.444 e. The highest BCUT2D eigenvalue weighted by Gasteiger charge is 2.68. The third-order valence-corrected chi connectivity index (χ3v) is 6.87. The van der Waals surface area contributed by atoms with Crippen LogP contribution in [0.4, 0.5) is 4.79 Å². The third kappa shape index (κ3) is 3.51. The molecule has 2 bridgehead atoms. The zero-order valence-electron chi connectivity index (χ0n) is 17.6. The van der Waals surface area contributed by atoms with E-state index in [0.717, 1.165) is 31.6 Å². The summed E-state index contributed by atoms with van der Waals surface area (Å²) in [7, 11) is -0.390. The Hall–Kier alpha value is -0.745. The second-order valence-corrected chi connectivity index (χ2v) is 10.2. The molecule has 5 atom stereocenters. The first kappa shape index (κ1) is 20.0. The number of unbranched alkanes of at least 4 members (excludes halogenated alkanes) is 1. The number of alkyl carbamates (subject to hydrolysis) is 1. The van der Waals surface area contributed by atoms with Crippen LogP contribution in [0.5, 0.6) is 0 Å². The maximum absolute atomic E-state index is 12.3. The minimum absolute atomic E-state index is 0.133. The molecule has 4 fully saturated rings. The summed E-state index contributed by atoms with van der Waals surface area (Å²) < 4.78 is 18.3. The quantitative estimate of drug-likeness (QED) is 0.737. The number of amides is 1. The Morgan fingerprint density at radius 1 is 1.31 bits per heavy atom. The van der Waals surface area contributed by atoms with Crippen molar-refractivity contribution < 1.29 is 18.8 Å². The summed E-state index contributed by atoms with van der Waals surface area (Å²) in [6, 6.07) is 0. The predicted octanol–water partition coefficient (Wildman–Crippen LogP) is 4.34. The third-order valence-electron chi connectivity index (χ3n) is 6.87. The van der Waals surface area contributed by atoms with Gasteiger partial charge in [-0.2, -0.15) is 0 Å². The lowest BCUT2D eigenvalue weighted by Crippen LogP contribution is -2.65. The van der Waals surface area contributed by atoms with Crippen molar-refractivity contribution in [3.05, 3.63) is 0 Å². The molecule has 0 radical (unpaired) electrons. The highest BCUT2D eigenvalue weighted by molar-refractivity contribution is 6.47. The maximum Gasteiger partial charge on any atom is 0.481 e. The number of nitrogens with one attached hydrogen (secondary N) is 1. The SMILES string of the molecule is CCCC[C@@H](NC(=O)OC(C)(C)C)B1OC2C[C@@H]3C[C@@H](C3(C)C)[C@]2(C)O1. The molecule has 1 saturated heterocycles. The summed E-state index contributed by atoms with van der Waals surface area (Å²) in [5.41, 5.74) is -0.438. The average molecular weight is 365 g/mol. The molecular formula is C20H36BNO4. The molecule has 26 heavy (non-hydrogen) atoms. The van der Waals surface area contributed by atoms with Crippen LogP contribution in [-0.4, -0.2) is 36.5 Å². The molecule has 5 nitrogen and oxygen atoms in total. The van der Waals surface area contributed by atoms with Crippen LogP contribution < -0.4 is 5.32 Å². The van der Waals surface area contributed by atoms with Gasteiger partial charge in [-0.3, -0.25) is 0 Å². The van der Waals surface area contributed by atoms with Gasteiger partial charge in [0, 0.05) is 0 Å². The smallest absolute Gasteiger partial charge is 0.444 e. The van der Waals surface area contributed by atoms with Crippen LogP contribution in [0.15, 0.2) is 0 Å². The monoisotopic (exact) mass is 365 g/mol. The van der Waals surface area contributed by atoms with Crippen molar-refractivity contribution in [3.63, 3.8) is 0 Å². The first-order valence-corrected chi connectivity index (χ1v) is 10.3. The zero-order chi connectivity index (χ0) is 19.3. The van der Waals surface area contributed by atoms with Crippen molar-refractivity contribution in [2.75, 3.05) is 0 Å². The molecule has 4 aliphatic rings. The first-order chi connectivity index (χ1) is 12.0. The number of hydrogen-bond donors (Lipinski definition) is 1. The fraction of sp³-hybridized carbons (Fsp3) is 0.950. The van der Waals surface area contributed by atoms with Gasteiger partial charge in [-0.15, -0.1) is 0 Å². The molecule has 0 aromatic rings. The Labute approximate surface area is 159 Å². The number of carbonyl (C=O) groups excluding carboxylic acids is 1. The Morgan fingerprint density at radius 2 is 2.00 bits per heavy atom. The van der Waals surface area contributed by atoms with Gasteiger partial charge < -0.3 is 19.4 Å². The summed E-state index contributed by atoms with van der Waals surface area (Å²) in [6.45, 7) is 14.7. The number of carbonyl (C=O) groups is 1. The summed E-state index contributed by atoms with van der Waals surface area (Å²) in [5.74, 6) is 1.07. The van der Waals surface area contributed by atoms with Crippen molar-refractivity contribution >= 4 is 13.2 Å². The van der Waals surface area contributed by atoms with Crippen LogP contribution in [0.3, 0.4) is 0 Å². The summed E-state index contributed by atoms with van der Waals surface area (Å²) in [6.07, 6.45) is 4.95. The molecule has 1 unspecified atom stereocenters. The van der Waals surface area contributed by atoms with E-state index in [9.17, 15) is 4.79 Å². The molecule has 148 valence electrons. The van der Waals surface area contributed by atoms with Gasteiger partial charge in [0.05, 0.1) is 17.6 Å². The van der Waals surface area contributed by atoms with E-state index in [-0.39, 0.29) is 24.8 Å². The van der Waals surface area contributed by atoms with Crippen LogP contribution in [0, 0.1) is 17.3 Å². The second kappa shape index (κ2) is 6.70. The van der Waals surface area contributed by atoms with E-state index < -0.39 is 11.7 Å². The molecule has 3 saturated carbocycles. The van der Waals surface area contributed by atoms with E-state index in [4.69, 9.17) is 14.0 Å². The van der Waals surface area contributed by atoms with E-state index in [0.29, 0.717) is 11.3 Å². The Morgan fingerprint density at radius 3 is 2.58 bits per heavy atom. The Balaban J connectivity index is 1.69. The molecule has 0 aromatic carbocycles. The largest absolute Gasteiger partial charge is 0.481 e. The fourth-order valence-electron chi connectivity index (χ4n) is 5.23. The average Bonchev–Trinajstić information content (AvgIpc) is 2.86. The maximum atomic E-state index is 12.3. The van der Waals surface area contributed by atoms with Gasteiger partial charge in [0.2, 0.25) is 0 Å². The minimum atomic E-state index is -0.512. The van der Waals surface area contributed by atoms with Crippen LogP contribution in [0.25, 0.3) is 0 Å². The van der Waals surface area contributed by atoms with Gasteiger partial charge in [0.25, 0.3) is 0 Å². The van der Waals surface area contributed by atoms with E-state index in [1.807, 2.05) is 20.8 Å². The fourth-order valence-corrected chi connectivity index (χ4v) is 5.23. The number of hydrogen-bond acceptors (Lipinski definition) is 4. The van der Waals surface area contributed by atoms with Crippen molar-refractivity contribution in [3.8, 4) is 0 Å².